The van der Waals surface area contributed by atoms with E-state index in [4.69, 9.17) is 9.72 Å². The Morgan fingerprint density at radius 3 is 2.37 bits per heavy atom. The third kappa shape index (κ3) is 6.96. The van der Waals surface area contributed by atoms with Gasteiger partial charge in [-0.1, -0.05) is 20.1 Å². The van der Waals surface area contributed by atoms with Gasteiger partial charge in [-0.15, -0.1) is 0 Å². The van der Waals surface area contributed by atoms with E-state index in [9.17, 15) is 0 Å². The zero-order chi connectivity index (χ0) is 29.1. The number of hydrogen-bond donors (Lipinski definition) is 2. The highest BCUT2D eigenvalue weighted by Crippen LogP contribution is 2.37. The first-order chi connectivity index (χ1) is 19.7. The molecule has 2 aliphatic heterocycles. The zero-order valence-electron chi connectivity index (χ0n) is 25.2. The maximum Gasteiger partial charge on any atom is 0.229 e. The van der Waals surface area contributed by atoms with Crippen molar-refractivity contribution in [1.29, 1.82) is 0 Å². The average molecular weight is 641 g/mol. The van der Waals surface area contributed by atoms with Crippen molar-refractivity contribution in [3.63, 3.8) is 0 Å². The number of likely N-dealkylation sites (N-methyl/N-ethyl adjacent to an activating group) is 1. The van der Waals surface area contributed by atoms with Crippen LogP contribution in [0.3, 0.4) is 0 Å². The van der Waals surface area contributed by atoms with Crippen molar-refractivity contribution >= 4 is 58.0 Å². The van der Waals surface area contributed by atoms with E-state index in [-0.39, 0.29) is 7.92 Å². The summed E-state index contributed by atoms with van der Waals surface area (Å²) in [6.07, 6.45) is 4.19. The molecule has 0 radical (unpaired) electrons. The third-order valence-electron chi connectivity index (χ3n) is 8.31. The van der Waals surface area contributed by atoms with Crippen LogP contribution in [-0.2, 0) is 0 Å². The van der Waals surface area contributed by atoms with E-state index < -0.39 is 0 Å². The smallest absolute Gasteiger partial charge is 0.229 e. The van der Waals surface area contributed by atoms with Gasteiger partial charge in [-0.25, -0.2) is 4.98 Å². The minimum absolute atomic E-state index is 0.279. The number of anilines is 5. The molecule has 0 amide bonds. The minimum atomic E-state index is -0.279. The van der Waals surface area contributed by atoms with Crippen LogP contribution in [0.15, 0.2) is 41.0 Å². The number of methoxy groups -OCH3 is 1. The van der Waals surface area contributed by atoms with Crippen LogP contribution in [0.2, 0.25) is 0 Å². The molecule has 2 aliphatic rings. The number of nitrogens with zero attached hydrogens (tertiary/aromatic N) is 5. The Morgan fingerprint density at radius 2 is 1.68 bits per heavy atom. The standard InChI is InChI=1S/C31H43BrN7OP/c1-21-8-7-9-25(29(21)41(5)6)34-30-24(32)20-33-31(36-30)35-26-18-22(2)27(19-28(26)40-4)39-12-10-23(11-13-39)38-16-14-37(3)15-17-38/h7-9,18-20,23H,10-17H2,1-6H3,(H2,33,34,35,36). The molecular formula is C31H43BrN7OP. The SMILES string of the molecule is COc1cc(N2CCC(N3CCN(C)CC3)CC2)c(C)cc1Nc1ncc(Br)c(Nc2cccc(C)c2P(C)C)n1. The van der Waals surface area contributed by atoms with E-state index >= 15 is 0 Å². The number of halogens is 1. The van der Waals surface area contributed by atoms with Gasteiger partial charge in [0.05, 0.1) is 17.3 Å². The van der Waals surface area contributed by atoms with Crippen molar-refractivity contribution in [2.24, 2.45) is 0 Å². The Balaban J connectivity index is 1.31. The van der Waals surface area contributed by atoms with Crippen molar-refractivity contribution < 1.29 is 4.74 Å². The normalized spacial score (nSPS) is 17.2. The van der Waals surface area contributed by atoms with Gasteiger partial charge in [0, 0.05) is 74.3 Å². The number of piperazine rings is 1. The second kappa shape index (κ2) is 13.2. The number of nitrogens with one attached hydrogen (secondary N) is 2. The Morgan fingerprint density at radius 1 is 0.951 bits per heavy atom. The van der Waals surface area contributed by atoms with Crippen LogP contribution in [0, 0.1) is 13.8 Å². The van der Waals surface area contributed by atoms with E-state index in [1.165, 1.54) is 61.1 Å². The highest BCUT2D eigenvalue weighted by Gasteiger charge is 2.27. The van der Waals surface area contributed by atoms with Crippen LogP contribution >= 0.6 is 23.9 Å². The summed E-state index contributed by atoms with van der Waals surface area (Å²) < 4.78 is 6.67. The van der Waals surface area contributed by atoms with Crippen molar-refractivity contribution in [2.75, 3.05) is 82.3 Å². The van der Waals surface area contributed by atoms with Gasteiger partial charge in [0.1, 0.15) is 11.6 Å². The fourth-order valence-electron chi connectivity index (χ4n) is 6.06. The lowest BCUT2D eigenvalue weighted by Crippen LogP contribution is -2.52. The summed E-state index contributed by atoms with van der Waals surface area (Å²) >= 11 is 3.63. The first-order valence-electron chi connectivity index (χ1n) is 14.4. The molecule has 3 heterocycles. The first-order valence-corrected chi connectivity index (χ1v) is 17.5. The van der Waals surface area contributed by atoms with E-state index in [1.54, 1.807) is 13.3 Å². The van der Waals surface area contributed by atoms with Crippen LogP contribution in [0.4, 0.5) is 28.8 Å². The fourth-order valence-corrected chi connectivity index (χ4v) is 7.74. The summed E-state index contributed by atoms with van der Waals surface area (Å²) in [6.45, 7) is 15.8. The maximum atomic E-state index is 5.85. The lowest BCUT2D eigenvalue weighted by molar-refractivity contribution is 0.0982. The second-order valence-corrected chi connectivity index (χ2v) is 14.5. The number of aromatic nitrogens is 2. The van der Waals surface area contributed by atoms with E-state index in [2.05, 4.69) is 111 Å². The molecular weight excluding hydrogens is 597 g/mol. The Labute approximate surface area is 254 Å². The van der Waals surface area contributed by atoms with Gasteiger partial charge < -0.3 is 25.2 Å². The quantitative estimate of drug-likeness (QED) is 0.294. The minimum Gasteiger partial charge on any atom is -0.494 e. The Kier molecular flexibility index (Phi) is 9.70. The van der Waals surface area contributed by atoms with Crippen molar-refractivity contribution in [3.05, 3.63) is 52.1 Å². The highest BCUT2D eigenvalue weighted by atomic mass is 79.9. The van der Waals surface area contributed by atoms with Gasteiger partial charge >= 0.3 is 0 Å². The van der Waals surface area contributed by atoms with E-state index in [0.29, 0.717) is 12.0 Å². The number of rotatable bonds is 8. The summed E-state index contributed by atoms with van der Waals surface area (Å²) in [5.74, 6) is 2.02. The number of ether oxygens (including phenoxy) is 1. The molecule has 10 heteroatoms. The molecule has 1 aromatic heterocycles. The van der Waals surface area contributed by atoms with E-state index in [0.717, 1.165) is 40.5 Å². The molecule has 0 bridgehead atoms. The molecule has 8 nitrogen and oxygen atoms in total. The molecule has 2 aromatic carbocycles. The lowest BCUT2D eigenvalue weighted by atomic mass is 10.0. The molecule has 2 N–H and O–H groups in total. The van der Waals surface area contributed by atoms with Crippen molar-refractivity contribution in [1.82, 2.24) is 19.8 Å². The third-order valence-corrected chi connectivity index (χ3v) is 10.4. The summed E-state index contributed by atoms with van der Waals surface area (Å²) in [6, 6.07) is 11.4. The summed E-state index contributed by atoms with van der Waals surface area (Å²) in [7, 11) is 3.67. The van der Waals surface area contributed by atoms with Gasteiger partial charge in [-0.3, -0.25) is 4.90 Å². The summed E-state index contributed by atoms with van der Waals surface area (Å²) in [5.41, 5.74) is 5.69. The predicted molar refractivity (Wildman–Crippen MR) is 178 cm³/mol. The van der Waals surface area contributed by atoms with Crippen molar-refractivity contribution in [3.8, 4) is 5.75 Å². The van der Waals surface area contributed by atoms with Gasteiger partial charge in [0.2, 0.25) is 5.95 Å². The van der Waals surface area contributed by atoms with Crippen LogP contribution in [0.25, 0.3) is 0 Å². The number of hydrogen-bond acceptors (Lipinski definition) is 8. The van der Waals surface area contributed by atoms with Gasteiger partial charge in [0.25, 0.3) is 0 Å². The van der Waals surface area contributed by atoms with E-state index in [1.807, 2.05) is 0 Å². The first kappa shape index (κ1) is 30.0. The molecule has 220 valence electrons. The average Bonchev–Trinajstić information content (AvgIpc) is 2.95. The second-order valence-electron chi connectivity index (χ2n) is 11.4. The predicted octanol–water partition coefficient (Wildman–Crippen LogP) is 5.93. The van der Waals surface area contributed by atoms with Gasteiger partial charge in [-0.05, 0) is 86.3 Å². The van der Waals surface area contributed by atoms with Crippen LogP contribution in [-0.4, -0.2) is 92.6 Å². The number of piperidine rings is 1. The largest absolute Gasteiger partial charge is 0.494 e. The van der Waals surface area contributed by atoms with Crippen LogP contribution in [0.1, 0.15) is 24.0 Å². The molecule has 0 saturated carbocycles. The summed E-state index contributed by atoms with van der Waals surface area (Å²) in [4.78, 5) is 17.0. The number of benzene rings is 2. The van der Waals surface area contributed by atoms with Gasteiger partial charge in [-0.2, -0.15) is 4.98 Å². The molecule has 0 atom stereocenters. The topological polar surface area (TPSA) is 68.8 Å². The molecule has 2 saturated heterocycles. The van der Waals surface area contributed by atoms with Crippen LogP contribution < -0.4 is 25.6 Å². The molecule has 2 fully saturated rings. The molecule has 41 heavy (non-hydrogen) atoms. The number of aryl methyl sites for hydroxylation is 2. The monoisotopic (exact) mass is 639 g/mol. The summed E-state index contributed by atoms with van der Waals surface area (Å²) in [5, 5.41) is 8.31. The van der Waals surface area contributed by atoms with Crippen molar-refractivity contribution in [2.45, 2.75) is 32.7 Å². The Hall–Kier alpha value is -2.45. The Bertz CT molecular complexity index is 1350. The highest BCUT2D eigenvalue weighted by molar-refractivity contribution is 9.10. The molecule has 3 aromatic rings. The zero-order valence-corrected chi connectivity index (χ0v) is 27.6. The molecule has 0 unspecified atom stereocenters. The fraction of sp³-hybridized carbons (Fsp3) is 0.484. The molecule has 0 spiro atoms. The molecule has 5 rings (SSSR count). The van der Waals surface area contributed by atoms with Crippen LogP contribution in [0.5, 0.6) is 5.75 Å². The van der Waals surface area contributed by atoms with Gasteiger partial charge in [0.15, 0.2) is 0 Å². The lowest BCUT2D eigenvalue weighted by Gasteiger charge is -2.43. The molecule has 0 aliphatic carbocycles. The maximum absolute atomic E-state index is 5.85.